The highest BCUT2D eigenvalue weighted by Gasteiger charge is 2.26. The summed E-state index contributed by atoms with van der Waals surface area (Å²) in [4.78, 5) is 41.2. The normalized spacial score (nSPS) is 11.7. The Morgan fingerprint density at radius 2 is 1.90 bits per heavy atom. The minimum atomic E-state index is -0.607. The van der Waals surface area contributed by atoms with Crippen LogP contribution in [0.4, 0.5) is 14.9 Å². The number of likely N-dealkylation sites (N-methyl/N-ethyl adjacent to an activating group) is 1. The first-order valence-corrected chi connectivity index (χ1v) is 9.53. The Hall–Kier alpha value is -3.39. The number of pyridine rings is 1. The molecule has 0 aliphatic heterocycles. The Kier molecular flexibility index (Phi) is 6.37. The smallest absolute Gasteiger partial charge is 0.322 e. The number of carbonyl (C=O) groups is 2. The molecule has 30 heavy (non-hydrogen) atoms. The second kappa shape index (κ2) is 8.96. The van der Waals surface area contributed by atoms with Crippen molar-refractivity contribution in [2.75, 3.05) is 18.9 Å². The summed E-state index contributed by atoms with van der Waals surface area (Å²) in [5.41, 5.74) is 0.707. The highest BCUT2D eigenvalue weighted by atomic mass is 35.5. The summed E-state index contributed by atoms with van der Waals surface area (Å²) in [6.45, 7) is 1.52. The molecular weight excluding hydrogens is 411 g/mol. The SMILES string of the molecule is CNC(=O)CN(C(=O)Nc1ccc(F)c(Cl)c1)C(C)c1c[nH]c(=O)c2ccccc12. The number of anilines is 1. The van der Waals surface area contributed by atoms with Crippen molar-refractivity contribution in [3.63, 3.8) is 0 Å². The van der Waals surface area contributed by atoms with Gasteiger partial charge in [0.2, 0.25) is 5.91 Å². The van der Waals surface area contributed by atoms with Crippen molar-refractivity contribution in [2.24, 2.45) is 0 Å². The highest BCUT2D eigenvalue weighted by molar-refractivity contribution is 6.31. The number of carbonyl (C=O) groups excluding carboxylic acids is 2. The molecule has 9 heteroatoms. The Balaban J connectivity index is 1.98. The molecule has 1 unspecified atom stereocenters. The number of urea groups is 1. The monoisotopic (exact) mass is 430 g/mol. The first-order chi connectivity index (χ1) is 14.3. The van der Waals surface area contributed by atoms with E-state index < -0.39 is 17.9 Å². The van der Waals surface area contributed by atoms with E-state index in [-0.39, 0.29) is 28.7 Å². The minimum absolute atomic E-state index is 0.134. The molecule has 3 amide bonds. The molecule has 0 bridgehead atoms. The van der Waals surface area contributed by atoms with E-state index in [1.54, 1.807) is 31.2 Å². The van der Waals surface area contributed by atoms with E-state index in [0.717, 1.165) is 6.07 Å². The van der Waals surface area contributed by atoms with Crippen LogP contribution in [0.25, 0.3) is 10.8 Å². The highest BCUT2D eigenvalue weighted by Crippen LogP contribution is 2.27. The van der Waals surface area contributed by atoms with Gasteiger partial charge in [0.15, 0.2) is 0 Å². The van der Waals surface area contributed by atoms with Gasteiger partial charge in [-0.3, -0.25) is 9.59 Å². The molecule has 3 N–H and O–H groups in total. The number of aromatic amines is 1. The maximum atomic E-state index is 13.4. The molecule has 0 fully saturated rings. The second-order valence-electron chi connectivity index (χ2n) is 6.65. The van der Waals surface area contributed by atoms with Gasteiger partial charge < -0.3 is 20.5 Å². The van der Waals surface area contributed by atoms with Gasteiger partial charge in [-0.2, -0.15) is 0 Å². The topological polar surface area (TPSA) is 94.3 Å². The lowest BCUT2D eigenvalue weighted by atomic mass is 10.0. The summed E-state index contributed by atoms with van der Waals surface area (Å²) < 4.78 is 13.4. The first-order valence-electron chi connectivity index (χ1n) is 9.15. The van der Waals surface area contributed by atoms with Crippen LogP contribution in [0.15, 0.2) is 53.5 Å². The summed E-state index contributed by atoms with van der Waals surface area (Å²) in [6.07, 6.45) is 1.54. The van der Waals surface area contributed by atoms with Gasteiger partial charge in [-0.05, 0) is 42.1 Å². The fraction of sp³-hybridized carbons (Fsp3) is 0.190. The summed E-state index contributed by atoms with van der Waals surface area (Å²) in [5.74, 6) is -0.979. The van der Waals surface area contributed by atoms with E-state index in [0.29, 0.717) is 16.3 Å². The molecule has 1 heterocycles. The third-order valence-corrected chi connectivity index (χ3v) is 5.07. The molecule has 2 aromatic carbocycles. The van der Waals surface area contributed by atoms with E-state index in [4.69, 9.17) is 11.6 Å². The third-order valence-electron chi connectivity index (χ3n) is 4.78. The van der Waals surface area contributed by atoms with Gasteiger partial charge in [0.1, 0.15) is 12.4 Å². The number of rotatable bonds is 5. The lowest BCUT2D eigenvalue weighted by Gasteiger charge is -2.29. The summed E-state index contributed by atoms with van der Waals surface area (Å²) in [7, 11) is 1.47. The summed E-state index contributed by atoms with van der Waals surface area (Å²) in [6, 6.07) is 9.66. The number of fused-ring (bicyclic) bond motifs is 1. The molecule has 0 aliphatic rings. The Bertz CT molecular complexity index is 1160. The number of aromatic nitrogens is 1. The molecule has 1 atom stereocenters. The first kappa shape index (κ1) is 21.3. The number of hydrogen-bond donors (Lipinski definition) is 3. The van der Waals surface area contributed by atoms with Gasteiger partial charge in [0, 0.05) is 24.3 Å². The van der Waals surface area contributed by atoms with Gasteiger partial charge in [-0.1, -0.05) is 29.8 Å². The molecule has 0 radical (unpaired) electrons. The van der Waals surface area contributed by atoms with Crippen LogP contribution in [-0.4, -0.2) is 35.4 Å². The van der Waals surface area contributed by atoms with Crippen molar-refractivity contribution < 1.29 is 14.0 Å². The fourth-order valence-corrected chi connectivity index (χ4v) is 3.31. The zero-order chi connectivity index (χ0) is 21.8. The number of halogens is 2. The van der Waals surface area contributed by atoms with Gasteiger partial charge in [-0.15, -0.1) is 0 Å². The van der Waals surface area contributed by atoms with Crippen molar-refractivity contribution in [1.82, 2.24) is 15.2 Å². The van der Waals surface area contributed by atoms with Crippen molar-refractivity contribution in [2.45, 2.75) is 13.0 Å². The van der Waals surface area contributed by atoms with Crippen LogP contribution in [0.5, 0.6) is 0 Å². The average molecular weight is 431 g/mol. The van der Waals surface area contributed by atoms with E-state index in [1.165, 1.54) is 30.3 Å². The van der Waals surface area contributed by atoms with E-state index >= 15 is 0 Å². The molecule has 156 valence electrons. The van der Waals surface area contributed by atoms with E-state index in [2.05, 4.69) is 15.6 Å². The average Bonchev–Trinajstić information content (AvgIpc) is 2.74. The Labute approximate surface area is 176 Å². The van der Waals surface area contributed by atoms with Crippen molar-refractivity contribution in [3.8, 4) is 0 Å². The molecule has 3 rings (SSSR count). The van der Waals surface area contributed by atoms with Gasteiger partial charge in [0.05, 0.1) is 11.1 Å². The molecule has 3 aromatic rings. The van der Waals surface area contributed by atoms with Crippen LogP contribution in [0.3, 0.4) is 0 Å². The standard InChI is InChI=1S/C21H20ClFN4O3/c1-12(16-10-25-20(29)15-6-4-3-5-14(15)16)27(11-19(28)24-2)21(30)26-13-7-8-18(23)17(22)9-13/h3-10,12H,11H2,1-2H3,(H,24,28)(H,25,29)(H,26,30). The number of nitrogens with one attached hydrogen (secondary N) is 3. The lowest BCUT2D eigenvalue weighted by Crippen LogP contribution is -2.43. The number of benzene rings is 2. The van der Waals surface area contributed by atoms with E-state index in [1.807, 2.05) is 0 Å². The molecule has 0 aliphatic carbocycles. The lowest BCUT2D eigenvalue weighted by molar-refractivity contribution is -0.121. The zero-order valence-electron chi connectivity index (χ0n) is 16.3. The summed E-state index contributed by atoms with van der Waals surface area (Å²) >= 11 is 5.78. The van der Waals surface area contributed by atoms with Crippen molar-refractivity contribution in [1.29, 1.82) is 0 Å². The molecular formula is C21H20ClFN4O3. The molecule has 1 aromatic heterocycles. The van der Waals surface area contributed by atoms with Gasteiger partial charge in [-0.25, -0.2) is 9.18 Å². The molecule has 0 saturated heterocycles. The molecule has 0 spiro atoms. The largest absolute Gasteiger partial charge is 0.358 e. The van der Waals surface area contributed by atoms with Crippen LogP contribution >= 0.6 is 11.6 Å². The van der Waals surface area contributed by atoms with Crippen LogP contribution in [0.2, 0.25) is 5.02 Å². The van der Waals surface area contributed by atoms with Gasteiger partial charge in [0.25, 0.3) is 5.56 Å². The number of hydrogen-bond acceptors (Lipinski definition) is 3. The number of nitrogens with zero attached hydrogens (tertiary/aromatic N) is 1. The minimum Gasteiger partial charge on any atom is -0.358 e. The van der Waals surface area contributed by atoms with Crippen LogP contribution < -0.4 is 16.2 Å². The van der Waals surface area contributed by atoms with Gasteiger partial charge >= 0.3 is 6.03 Å². The number of H-pyrrole nitrogens is 1. The van der Waals surface area contributed by atoms with Crippen LogP contribution in [0.1, 0.15) is 18.5 Å². The zero-order valence-corrected chi connectivity index (χ0v) is 17.1. The quantitative estimate of drug-likeness (QED) is 0.576. The second-order valence-corrected chi connectivity index (χ2v) is 7.06. The Morgan fingerprint density at radius 1 is 1.20 bits per heavy atom. The molecule has 7 nitrogen and oxygen atoms in total. The predicted octanol–water partition coefficient (Wildman–Crippen LogP) is 3.66. The van der Waals surface area contributed by atoms with E-state index in [9.17, 15) is 18.8 Å². The van der Waals surface area contributed by atoms with Crippen LogP contribution in [0, 0.1) is 5.82 Å². The van der Waals surface area contributed by atoms with Crippen molar-refractivity contribution >= 4 is 40.0 Å². The maximum Gasteiger partial charge on any atom is 0.322 e. The summed E-state index contributed by atoms with van der Waals surface area (Å²) in [5, 5.41) is 6.15. The molecule has 0 saturated carbocycles. The third kappa shape index (κ3) is 4.44. The Morgan fingerprint density at radius 3 is 2.57 bits per heavy atom. The number of amides is 3. The maximum absolute atomic E-state index is 13.4. The van der Waals surface area contributed by atoms with Crippen molar-refractivity contribution in [3.05, 3.63) is 75.4 Å². The fourth-order valence-electron chi connectivity index (χ4n) is 3.13. The predicted molar refractivity (Wildman–Crippen MR) is 114 cm³/mol. The van der Waals surface area contributed by atoms with Crippen LogP contribution in [-0.2, 0) is 4.79 Å².